The molecule has 0 aromatic heterocycles. The molecule has 5 rings (SSSR count). The van der Waals surface area contributed by atoms with Crippen molar-refractivity contribution in [2.75, 3.05) is 16.3 Å². The zero-order valence-corrected chi connectivity index (χ0v) is 20.5. The number of para-hydroxylation sites is 2. The fourth-order valence-electron chi connectivity index (χ4n) is 4.79. The van der Waals surface area contributed by atoms with Gasteiger partial charge in [-0.1, -0.05) is 48.5 Å². The third-order valence-electron chi connectivity index (χ3n) is 6.69. The molecule has 182 valence electrons. The zero-order chi connectivity index (χ0) is 25.6. The van der Waals surface area contributed by atoms with Crippen molar-refractivity contribution in [3.8, 4) is 6.07 Å². The van der Waals surface area contributed by atoms with Gasteiger partial charge in [0.25, 0.3) is 5.91 Å². The Balaban J connectivity index is 1.37. The predicted octanol–water partition coefficient (Wildman–Crippen LogP) is 6.45. The van der Waals surface area contributed by atoms with Crippen LogP contribution >= 0.6 is 0 Å². The van der Waals surface area contributed by atoms with Crippen LogP contribution < -0.4 is 9.80 Å². The molecule has 0 fully saturated rings. The summed E-state index contributed by atoms with van der Waals surface area (Å²) in [5.74, 6) is -0.0379. The van der Waals surface area contributed by atoms with E-state index < -0.39 is 0 Å². The molecule has 5 heteroatoms. The summed E-state index contributed by atoms with van der Waals surface area (Å²) >= 11 is 0. The van der Waals surface area contributed by atoms with Crippen LogP contribution in [0.5, 0.6) is 0 Å². The number of fused-ring (bicyclic) bond motifs is 1. The molecule has 2 amide bonds. The fourth-order valence-corrected chi connectivity index (χ4v) is 4.79. The molecular weight excluding hydrogens is 458 g/mol. The molecule has 0 aliphatic carbocycles. The quantitative estimate of drug-likeness (QED) is 0.315. The summed E-state index contributed by atoms with van der Waals surface area (Å²) in [7, 11) is 0. The van der Waals surface area contributed by atoms with Gasteiger partial charge in [0.2, 0.25) is 5.91 Å². The molecule has 1 aliphatic heterocycles. The van der Waals surface area contributed by atoms with Gasteiger partial charge in [-0.05, 0) is 85.0 Å². The highest BCUT2D eigenvalue weighted by Gasteiger charge is 2.25. The van der Waals surface area contributed by atoms with Crippen molar-refractivity contribution in [2.45, 2.75) is 25.7 Å². The number of carbonyl (C=O) groups excluding carboxylic acids is 2. The molecule has 0 unspecified atom stereocenters. The highest BCUT2D eigenvalue weighted by atomic mass is 16.2. The topological polar surface area (TPSA) is 64.4 Å². The average molecular weight is 486 g/mol. The van der Waals surface area contributed by atoms with E-state index in [0.717, 1.165) is 41.0 Å². The Morgan fingerprint density at radius 3 is 2.11 bits per heavy atom. The van der Waals surface area contributed by atoms with Gasteiger partial charge in [0.05, 0.1) is 11.6 Å². The molecule has 0 radical (unpaired) electrons. The normalized spacial score (nSPS) is 12.4. The van der Waals surface area contributed by atoms with Crippen LogP contribution in [0.2, 0.25) is 0 Å². The van der Waals surface area contributed by atoms with E-state index in [1.807, 2.05) is 95.9 Å². The molecule has 4 aromatic carbocycles. The van der Waals surface area contributed by atoms with E-state index in [0.29, 0.717) is 30.5 Å². The van der Waals surface area contributed by atoms with Crippen LogP contribution in [0.1, 0.15) is 39.9 Å². The molecule has 4 aromatic rings. The number of benzene rings is 4. The minimum absolute atomic E-state index is 0.0691. The summed E-state index contributed by atoms with van der Waals surface area (Å²) in [6.07, 6.45) is 2.69. The molecule has 0 saturated heterocycles. The number of nitriles is 1. The largest absolute Gasteiger partial charge is 0.312 e. The van der Waals surface area contributed by atoms with E-state index in [4.69, 9.17) is 5.26 Å². The highest BCUT2D eigenvalue weighted by molar-refractivity contribution is 6.11. The van der Waals surface area contributed by atoms with Crippen molar-refractivity contribution in [1.29, 1.82) is 5.26 Å². The zero-order valence-electron chi connectivity index (χ0n) is 20.5. The van der Waals surface area contributed by atoms with Gasteiger partial charge >= 0.3 is 0 Å². The molecule has 0 bridgehead atoms. The first-order valence-electron chi connectivity index (χ1n) is 12.5. The maximum Gasteiger partial charge on any atom is 0.262 e. The van der Waals surface area contributed by atoms with Crippen LogP contribution in [0.3, 0.4) is 0 Å². The van der Waals surface area contributed by atoms with Gasteiger partial charge < -0.3 is 4.90 Å². The second-order valence-electron chi connectivity index (χ2n) is 9.11. The second kappa shape index (κ2) is 10.9. The van der Waals surface area contributed by atoms with Crippen molar-refractivity contribution in [3.05, 3.63) is 125 Å². The third-order valence-corrected chi connectivity index (χ3v) is 6.69. The molecule has 0 atom stereocenters. The average Bonchev–Trinajstić information content (AvgIpc) is 2.96. The standard InChI is InChI=1S/C32H27N3O2/c33-23-25-15-13-24(14-16-25)17-20-31(36)34-21-7-8-26-22-27(18-19-30(26)34)32(37)35(28-9-3-1-4-10-28)29-11-5-2-6-12-29/h1-6,9-16,18-19,22H,7-8,17,20-21H2. The highest BCUT2D eigenvalue weighted by Crippen LogP contribution is 2.32. The Labute approximate surface area is 217 Å². The number of hydrogen-bond donors (Lipinski definition) is 0. The van der Waals surface area contributed by atoms with Crippen LogP contribution in [-0.4, -0.2) is 18.4 Å². The molecule has 5 nitrogen and oxygen atoms in total. The smallest absolute Gasteiger partial charge is 0.262 e. The van der Waals surface area contributed by atoms with Crippen molar-refractivity contribution in [3.63, 3.8) is 0 Å². The summed E-state index contributed by atoms with van der Waals surface area (Å²) < 4.78 is 0. The second-order valence-corrected chi connectivity index (χ2v) is 9.11. The first-order chi connectivity index (χ1) is 18.1. The van der Waals surface area contributed by atoms with Crippen LogP contribution in [0.25, 0.3) is 0 Å². The van der Waals surface area contributed by atoms with Gasteiger partial charge in [-0.2, -0.15) is 5.26 Å². The lowest BCUT2D eigenvalue weighted by Gasteiger charge is -2.30. The van der Waals surface area contributed by atoms with E-state index in [9.17, 15) is 9.59 Å². The Morgan fingerprint density at radius 2 is 1.49 bits per heavy atom. The van der Waals surface area contributed by atoms with Crippen molar-refractivity contribution < 1.29 is 9.59 Å². The third kappa shape index (κ3) is 5.29. The maximum absolute atomic E-state index is 13.8. The number of amides is 2. The number of carbonyl (C=O) groups is 2. The van der Waals surface area contributed by atoms with Crippen molar-refractivity contribution in [1.82, 2.24) is 0 Å². The van der Waals surface area contributed by atoms with Crippen LogP contribution in [-0.2, 0) is 17.6 Å². The van der Waals surface area contributed by atoms with Gasteiger partial charge in [0.1, 0.15) is 0 Å². The molecular formula is C32H27N3O2. The Hall–Kier alpha value is -4.69. The lowest BCUT2D eigenvalue weighted by atomic mass is 9.97. The van der Waals surface area contributed by atoms with E-state index in [1.54, 1.807) is 17.0 Å². The van der Waals surface area contributed by atoms with Gasteiger partial charge in [-0.3, -0.25) is 14.5 Å². The van der Waals surface area contributed by atoms with E-state index in [2.05, 4.69) is 6.07 Å². The van der Waals surface area contributed by atoms with Gasteiger partial charge in [0, 0.05) is 35.6 Å². The van der Waals surface area contributed by atoms with E-state index >= 15 is 0 Å². The van der Waals surface area contributed by atoms with Crippen molar-refractivity contribution in [2.24, 2.45) is 0 Å². The molecule has 37 heavy (non-hydrogen) atoms. The Bertz CT molecular complexity index is 1400. The molecule has 1 heterocycles. The minimum atomic E-state index is -0.107. The fraction of sp³-hybridized carbons (Fsp3) is 0.156. The molecule has 0 spiro atoms. The van der Waals surface area contributed by atoms with Crippen LogP contribution in [0.15, 0.2) is 103 Å². The van der Waals surface area contributed by atoms with Crippen molar-refractivity contribution >= 4 is 28.9 Å². The van der Waals surface area contributed by atoms with E-state index in [-0.39, 0.29) is 11.8 Å². The lowest BCUT2D eigenvalue weighted by molar-refractivity contribution is -0.118. The van der Waals surface area contributed by atoms with Gasteiger partial charge in [-0.15, -0.1) is 0 Å². The SMILES string of the molecule is N#Cc1ccc(CCC(=O)N2CCCc3cc(C(=O)N(c4ccccc4)c4ccccc4)ccc32)cc1. The van der Waals surface area contributed by atoms with Gasteiger partial charge in [0.15, 0.2) is 0 Å². The molecule has 0 N–H and O–H groups in total. The minimum Gasteiger partial charge on any atom is -0.312 e. The summed E-state index contributed by atoms with van der Waals surface area (Å²) in [6, 6.07) is 34.4. The van der Waals surface area contributed by atoms with E-state index in [1.165, 1.54) is 0 Å². The van der Waals surface area contributed by atoms with Gasteiger partial charge in [-0.25, -0.2) is 0 Å². The monoisotopic (exact) mass is 485 g/mol. The lowest BCUT2D eigenvalue weighted by Crippen LogP contribution is -2.36. The Kier molecular flexibility index (Phi) is 7.09. The Morgan fingerprint density at radius 1 is 0.838 bits per heavy atom. The number of anilines is 3. The summed E-state index contributed by atoms with van der Waals surface area (Å²) in [5.41, 5.74) is 5.75. The molecule has 1 aliphatic rings. The first-order valence-corrected chi connectivity index (χ1v) is 12.5. The maximum atomic E-state index is 13.8. The summed E-state index contributed by atoms with van der Waals surface area (Å²) in [4.78, 5) is 30.5. The summed E-state index contributed by atoms with van der Waals surface area (Å²) in [6.45, 7) is 0.673. The number of rotatable bonds is 6. The number of nitrogens with zero attached hydrogens (tertiary/aromatic N) is 3. The number of aryl methyl sites for hydroxylation is 2. The molecule has 0 saturated carbocycles. The first kappa shape index (κ1) is 24.0. The predicted molar refractivity (Wildman–Crippen MR) is 146 cm³/mol. The summed E-state index contributed by atoms with van der Waals surface area (Å²) in [5, 5.41) is 8.98. The van der Waals surface area contributed by atoms with Crippen LogP contribution in [0, 0.1) is 11.3 Å². The van der Waals surface area contributed by atoms with Crippen LogP contribution in [0.4, 0.5) is 17.1 Å². The number of hydrogen-bond acceptors (Lipinski definition) is 3.